The zero-order chi connectivity index (χ0) is 18.7. The Morgan fingerprint density at radius 3 is 2.62 bits per heavy atom. The van der Waals surface area contributed by atoms with Crippen LogP contribution in [0.3, 0.4) is 0 Å². The van der Waals surface area contributed by atoms with Gasteiger partial charge in [-0.3, -0.25) is 9.59 Å². The monoisotopic (exact) mass is 362 g/mol. The summed E-state index contributed by atoms with van der Waals surface area (Å²) in [5, 5.41) is 7.72. The third-order valence-electron chi connectivity index (χ3n) is 4.67. The van der Waals surface area contributed by atoms with Gasteiger partial charge in [0.2, 0.25) is 5.91 Å². The Morgan fingerprint density at radius 1 is 1.23 bits per heavy atom. The number of likely N-dealkylation sites (tertiary alicyclic amines) is 1. The van der Waals surface area contributed by atoms with Crippen molar-refractivity contribution in [2.24, 2.45) is 5.92 Å². The first-order valence-electron chi connectivity index (χ1n) is 8.63. The van der Waals surface area contributed by atoms with Crippen LogP contribution in [-0.4, -0.2) is 39.1 Å². The third kappa shape index (κ3) is 4.12. The number of carbonyl (C=O) groups excluding carboxylic acids is 1. The van der Waals surface area contributed by atoms with E-state index in [-0.39, 0.29) is 35.8 Å². The molecule has 0 bridgehead atoms. The molecule has 1 aromatic heterocycles. The van der Waals surface area contributed by atoms with Gasteiger partial charge in [0, 0.05) is 31.5 Å². The van der Waals surface area contributed by atoms with Gasteiger partial charge in [-0.2, -0.15) is 0 Å². The predicted molar refractivity (Wildman–Crippen MR) is 91.3 cm³/mol. The average Bonchev–Trinajstić information content (AvgIpc) is 2.63. The molecule has 1 fully saturated rings. The summed E-state index contributed by atoms with van der Waals surface area (Å²) in [5.41, 5.74) is -0.117. The summed E-state index contributed by atoms with van der Waals surface area (Å²) < 4.78 is 26.3. The third-order valence-corrected chi connectivity index (χ3v) is 4.67. The Kier molecular flexibility index (Phi) is 5.39. The summed E-state index contributed by atoms with van der Waals surface area (Å²) in [6, 6.07) is 3.20. The smallest absolute Gasteiger partial charge is 0.273 e. The van der Waals surface area contributed by atoms with Crippen LogP contribution in [-0.2, 0) is 11.2 Å². The van der Waals surface area contributed by atoms with E-state index in [1.807, 2.05) is 4.90 Å². The first-order valence-corrected chi connectivity index (χ1v) is 8.63. The fraction of sp³-hybridized carbons (Fsp3) is 0.444. The van der Waals surface area contributed by atoms with Crippen molar-refractivity contribution < 1.29 is 13.6 Å². The average molecular weight is 362 g/mol. The van der Waals surface area contributed by atoms with Crippen LogP contribution in [0.2, 0.25) is 0 Å². The lowest BCUT2D eigenvalue weighted by Crippen LogP contribution is -2.38. The minimum atomic E-state index is -1.03. The second-order valence-electron chi connectivity index (χ2n) is 6.64. The van der Waals surface area contributed by atoms with E-state index >= 15 is 0 Å². The second-order valence-corrected chi connectivity index (χ2v) is 6.64. The molecule has 0 aliphatic carbocycles. The number of hydrogen-bond acceptors (Lipinski definition) is 4. The van der Waals surface area contributed by atoms with Crippen molar-refractivity contribution >= 4 is 5.91 Å². The fourth-order valence-corrected chi connectivity index (χ4v) is 2.94. The lowest BCUT2D eigenvalue weighted by molar-refractivity contribution is -0.132. The van der Waals surface area contributed by atoms with Gasteiger partial charge in [-0.15, -0.1) is 10.2 Å². The molecule has 2 aromatic rings. The Bertz CT molecular complexity index is 861. The molecular formula is C18H20F2N4O2. The Morgan fingerprint density at radius 2 is 1.96 bits per heavy atom. The molecule has 1 amide bonds. The quantitative estimate of drug-likeness (QED) is 0.905. The number of halogens is 2. The van der Waals surface area contributed by atoms with Gasteiger partial charge >= 0.3 is 0 Å². The molecule has 26 heavy (non-hydrogen) atoms. The van der Waals surface area contributed by atoms with E-state index in [1.54, 1.807) is 0 Å². The van der Waals surface area contributed by atoms with Crippen LogP contribution in [0.1, 0.15) is 31.9 Å². The number of nitrogens with zero attached hydrogens (tertiary/aromatic N) is 3. The van der Waals surface area contributed by atoms with Crippen molar-refractivity contribution in [3.8, 4) is 11.4 Å². The molecule has 1 saturated heterocycles. The Labute approximate surface area is 149 Å². The number of nitrogens with one attached hydrogen (secondary N) is 1. The molecule has 138 valence electrons. The van der Waals surface area contributed by atoms with Crippen LogP contribution in [0.5, 0.6) is 0 Å². The van der Waals surface area contributed by atoms with Gasteiger partial charge in [-0.1, -0.05) is 6.92 Å². The van der Waals surface area contributed by atoms with E-state index < -0.39 is 17.2 Å². The number of aromatic nitrogens is 3. The van der Waals surface area contributed by atoms with Crippen LogP contribution in [0.15, 0.2) is 23.0 Å². The maximum Gasteiger partial charge on any atom is 0.273 e. The zero-order valence-electron chi connectivity index (χ0n) is 14.5. The van der Waals surface area contributed by atoms with Gasteiger partial charge < -0.3 is 9.88 Å². The minimum absolute atomic E-state index is 0.00258. The first-order chi connectivity index (χ1) is 12.4. The molecule has 0 atom stereocenters. The van der Waals surface area contributed by atoms with Crippen molar-refractivity contribution in [2.45, 2.75) is 32.6 Å². The number of piperidine rings is 1. The lowest BCUT2D eigenvalue weighted by atomic mass is 9.99. The maximum atomic E-state index is 13.3. The summed E-state index contributed by atoms with van der Waals surface area (Å²) in [6.45, 7) is 3.67. The molecule has 8 heteroatoms. The highest BCUT2D eigenvalue weighted by atomic mass is 19.2. The maximum absolute atomic E-state index is 13.3. The first kappa shape index (κ1) is 18.2. The summed E-state index contributed by atoms with van der Waals surface area (Å²) >= 11 is 0. The zero-order valence-corrected chi connectivity index (χ0v) is 14.5. The van der Waals surface area contributed by atoms with E-state index in [1.165, 1.54) is 6.07 Å². The molecule has 0 spiro atoms. The molecule has 0 unspecified atom stereocenters. The van der Waals surface area contributed by atoms with Crippen LogP contribution in [0.4, 0.5) is 8.78 Å². The second kappa shape index (κ2) is 7.72. The number of H-pyrrole nitrogens is 1. The van der Waals surface area contributed by atoms with Gasteiger partial charge in [-0.25, -0.2) is 8.78 Å². The number of aryl methyl sites for hydroxylation is 1. The van der Waals surface area contributed by atoms with Gasteiger partial charge in [-0.05, 0) is 37.0 Å². The summed E-state index contributed by atoms with van der Waals surface area (Å²) in [6.07, 6.45) is 2.37. The molecule has 0 radical (unpaired) electrons. The topological polar surface area (TPSA) is 79.0 Å². The molecule has 0 saturated carbocycles. The van der Waals surface area contributed by atoms with Crippen LogP contribution in [0, 0.1) is 17.6 Å². The standard InChI is InChI=1S/C18H20F2N4O2/c1-11-6-8-24(9-7-11)16(25)5-4-15-18(26)21-17(23-22-15)12-2-3-13(19)14(20)10-12/h2-3,10-11H,4-9H2,1H3,(H,21,23,26). The number of carbonyl (C=O) groups is 1. The van der Waals surface area contributed by atoms with Crippen LogP contribution in [0.25, 0.3) is 11.4 Å². The van der Waals surface area contributed by atoms with Crippen molar-refractivity contribution in [3.05, 3.63) is 45.9 Å². The van der Waals surface area contributed by atoms with Crippen LogP contribution >= 0.6 is 0 Å². The normalized spacial score (nSPS) is 15.3. The SMILES string of the molecule is CC1CCN(C(=O)CCc2nnc(-c3ccc(F)c(F)c3)[nH]c2=O)CC1. The Hall–Kier alpha value is -2.64. The number of hydrogen-bond donors (Lipinski definition) is 1. The lowest BCUT2D eigenvalue weighted by Gasteiger charge is -2.30. The molecule has 1 aromatic carbocycles. The molecule has 6 nitrogen and oxygen atoms in total. The number of amides is 1. The summed E-state index contributed by atoms with van der Waals surface area (Å²) in [5.74, 6) is -1.32. The number of benzene rings is 1. The fourth-order valence-electron chi connectivity index (χ4n) is 2.94. The highest BCUT2D eigenvalue weighted by Crippen LogP contribution is 2.18. The molecule has 1 aliphatic heterocycles. The largest absolute Gasteiger partial charge is 0.343 e. The van der Waals surface area contributed by atoms with E-state index in [0.29, 0.717) is 5.92 Å². The van der Waals surface area contributed by atoms with E-state index in [2.05, 4.69) is 22.1 Å². The molecule has 3 rings (SSSR count). The molecule has 1 aliphatic rings. The predicted octanol–water partition coefficient (Wildman–Crippen LogP) is 2.30. The van der Waals surface area contributed by atoms with E-state index in [4.69, 9.17) is 0 Å². The summed E-state index contributed by atoms with van der Waals surface area (Å²) in [7, 11) is 0. The van der Waals surface area contributed by atoms with E-state index in [9.17, 15) is 18.4 Å². The molecule has 2 heterocycles. The van der Waals surface area contributed by atoms with Crippen molar-refractivity contribution in [3.63, 3.8) is 0 Å². The Balaban J connectivity index is 1.65. The highest BCUT2D eigenvalue weighted by molar-refractivity contribution is 5.76. The van der Waals surface area contributed by atoms with E-state index in [0.717, 1.165) is 38.1 Å². The number of aromatic amines is 1. The van der Waals surface area contributed by atoms with Crippen molar-refractivity contribution in [1.29, 1.82) is 0 Å². The van der Waals surface area contributed by atoms with Crippen molar-refractivity contribution in [1.82, 2.24) is 20.1 Å². The molecular weight excluding hydrogens is 342 g/mol. The number of rotatable bonds is 4. The van der Waals surface area contributed by atoms with Crippen LogP contribution < -0.4 is 5.56 Å². The minimum Gasteiger partial charge on any atom is -0.343 e. The van der Waals surface area contributed by atoms with Gasteiger partial charge in [0.25, 0.3) is 5.56 Å². The van der Waals surface area contributed by atoms with Gasteiger partial charge in [0.05, 0.1) is 0 Å². The van der Waals surface area contributed by atoms with Gasteiger partial charge in [0.1, 0.15) is 5.69 Å². The molecule has 1 N–H and O–H groups in total. The summed E-state index contributed by atoms with van der Waals surface area (Å²) in [4.78, 5) is 28.7. The van der Waals surface area contributed by atoms with Crippen molar-refractivity contribution in [2.75, 3.05) is 13.1 Å². The van der Waals surface area contributed by atoms with Gasteiger partial charge in [0.15, 0.2) is 17.5 Å². The highest BCUT2D eigenvalue weighted by Gasteiger charge is 2.20.